The first-order valence-electron chi connectivity index (χ1n) is 6.87. The van der Waals surface area contributed by atoms with Gasteiger partial charge in [-0.3, -0.25) is 4.79 Å². The van der Waals surface area contributed by atoms with Gasteiger partial charge in [0.05, 0.1) is 5.92 Å². The number of carbonyl (C=O) groups is 2. The third kappa shape index (κ3) is 3.28. The molecule has 0 aromatic rings. The summed E-state index contributed by atoms with van der Waals surface area (Å²) in [7, 11) is 0. The standard InChI is InChI=1S/C14H21NO4/c1-2-7-19-14(18)15-6-5-10-8-11(13(16)17)3-4-12(10)9-15/h2,10-12H,1,3-9H2,(H,16,17). The normalized spacial score (nSPS) is 30.3. The summed E-state index contributed by atoms with van der Waals surface area (Å²) in [6.07, 6.45) is 4.55. The average Bonchev–Trinajstić information content (AvgIpc) is 2.43. The van der Waals surface area contributed by atoms with Gasteiger partial charge in [0.25, 0.3) is 0 Å². The summed E-state index contributed by atoms with van der Waals surface area (Å²) >= 11 is 0. The van der Waals surface area contributed by atoms with Gasteiger partial charge in [-0.2, -0.15) is 0 Å². The smallest absolute Gasteiger partial charge is 0.410 e. The van der Waals surface area contributed by atoms with Gasteiger partial charge in [-0.1, -0.05) is 12.7 Å². The number of ether oxygens (including phenoxy) is 1. The molecule has 1 heterocycles. The minimum atomic E-state index is -0.675. The lowest BCUT2D eigenvalue weighted by atomic mass is 9.71. The Balaban J connectivity index is 1.86. The first-order valence-corrected chi connectivity index (χ1v) is 6.87. The van der Waals surface area contributed by atoms with Crippen molar-refractivity contribution in [2.45, 2.75) is 25.7 Å². The zero-order chi connectivity index (χ0) is 13.8. The Morgan fingerprint density at radius 3 is 2.79 bits per heavy atom. The molecule has 1 aliphatic heterocycles. The second-order valence-corrected chi connectivity index (χ2v) is 5.47. The zero-order valence-electron chi connectivity index (χ0n) is 11.1. The van der Waals surface area contributed by atoms with Gasteiger partial charge in [-0.25, -0.2) is 4.79 Å². The molecule has 0 spiro atoms. The van der Waals surface area contributed by atoms with E-state index in [1.165, 1.54) is 0 Å². The molecule has 1 saturated carbocycles. The number of carbonyl (C=O) groups excluding carboxylic acids is 1. The van der Waals surface area contributed by atoms with Crippen molar-refractivity contribution in [2.24, 2.45) is 17.8 Å². The van der Waals surface area contributed by atoms with Crippen molar-refractivity contribution in [3.8, 4) is 0 Å². The predicted molar refractivity (Wildman–Crippen MR) is 69.7 cm³/mol. The van der Waals surface area contributed by atoms with Crippen LogP contribution in [0.2, 0.25) is 0 Å². The molecule has 0 radical (unpaired) electrons. The van der Waals surface area contributed by atoms with Crippen molar-refractivity contribution in [2.75, 3.05) is 19.7 Å². The summed E-state index contributed by atoms with van der Waals surface area (Å²) in [5, 5.41) is 9.07. The number of amides is 1. The molecule has 1 saturated heterocycles. The summed E-state index contributed by atoms with van der Waals surface area (Å²) in [5.74, 6) is 0.00530. The van der Waals surface area contributed by atoms with E-state index < -0.39 is 5.97 Å². The van der Waals surface area contributed by atoms with Crippen LogP contribution in [0.5, 0.6) is 0 Å². The number of carboxylic acid groups (broad SMARTS) is 1. The molecule has 106 valence electrons. The molecule has 3 unspecified atom stereocenters. The molecule has 2 aliphatic rings. The van der Waals surface area contributed by atoms with Gasteiger partial charge in [0.2, 0.25) is 0 Å². The summed E-state index contributed by atoms with van der Waals surface area (Å²) in [6, 6.07) is 0. The van der Waals surface area contributed by atoms with E-state index in [1.54, 1.807) is 11.0 Å². The van der Waals surface area contributed by atoms with Crippen molar-refractivity contribution in [1.29, 1.82) is 0 Å². The maximum absolute atomic E-state index is 11.8. The maximum atomic E-state index is 11.8. The van der Waals surface area contributed by atoms with E-state index in [9.17, 15) is 9.59 Å². The number of hydrogen-bond donors (Lipinski definition) is 1. The molecule has 2 fully saturated rings. The van der Waals surface area contributed by atoms with Crippen LogP contribution in [-0.4, -0.2) is 41.8 Å². The van der Waals surface area contributed by atoms with Crippen LogP contribution in [0.25, 0.3) is 0 Å². The van der Waals surface area contributed by atoms with E-state index in [1.807, 2.05) is 0 Å². The number of piperidine rings is 1. The highest BCUT2D eigenvalue weighted by atomic mass is 16.6. The van der Waals surface area contributed by atoms with Crippen LogP contribution in [0.1, 0.15) is 25.7 Å². The minimum Gasteiger partial charge on any atom is -0.481 e. The van der Waals surface area contributed by atoms with E-state index in [-0.39, 0.29) is 18.6 Å². The highest BCUT2D eigenvalue weighted by Gasteiger charge is 2.38. The van der Waals surface area contributed by atoms with Gasteiger partial charge in [0.1, 0.15) is 6.61 Å². The fourth-order valence-electron chi connectivity index (χ4n) is 3.23. The fraction of sp³-hybridized carbons (Fsp3) is 0.714. The topological polar surface area (TPSA) is 66.8 Å². The van der Waals surface area contributed by atoms with Crippen molar-refractivity contribution in [3.63, 3.8) is 0 Å². The zero-order valence-corrected chi connectivity index (χ0v) is 11.1. The number of fused-ring (bicyclic) bond motifs is 1. The van der Waals surface area contributed by atoms with Crippen LogP contribution in [-0.2, 0) is 9.53 Å². The first kappa shape index (κ1) is 13.9. The highest BCUT2D eigenvalue weighted by Crippen LogP contribution is 2.39. The van der Waals surface area contributed by atoms with E-state index in [2.05, 4.69) is 6.58 Å². The summed E-state index contributed by atoms with van der Waals surface area (Å²) in [5.41, 5.74) is 0. The van der Waals surface area contributed by atoms with E-state index in [4.69, 9.17) is 9.84 Å². The molecular formula is C14H21NO4. The van der Waals surface area contributed by atoms with E-state index in [0.29, 0.717) is 24.9 Å². The molecule has 19 heavy (non-hydrogen) atoms. The second kappa shape index (κ2) is 6.08. The molecule has 0 aromatic carbocycles. The lowest BCUT2D eigenvalue weighted by molar-refractivity contribution is -0.144. The number of rotatable bonds is 3. The summed E-state index contributed by atoms with van der Waals surface area (Å²) in [4.78, 5) is 24.5. The number of hydrogen-bond acceptors (Lipinski definition) is 3. The number of aliphatic carboxylic acids is 1. The molecule has 2 rings (SSSR count). The molecule has 1 aliphatic carbocycles. The highest BCUT2D eigenvalue weighted by molar-refractivity contribution is 5.70. The Labute approximate surface area is 113 Å². The average molecular weight is 267 g/mol. The van der Waals surface area contributed by atoms with Crippen molar-refractivity contribution in [1.82, 2.24) is 4.90 Å². The molecule has 1 amide bonds. The molecule has 5 heteroatoms. The van der Waals surface area contributed by atoms with Crippen LogP contribution in [0.4, 0.5) is 4.79 Å². The van der Waals surface area contributed by atoms with Crippen LogP contribution in [0.3, 0.4) is 0 Å². The van der Waals surface area contributed by atoms with E-state index >= 15 is 0 Å². The number of carboxylic acids is 1. The van der Waals surface area contributed by atoms with Crippen LogP contribution < -0.4 is 0 Å². The lowest BCUT2D eigenvalue weighted by Gasteiger charge is -2.42. The molecule has 1 N–H and O–H groups in total. The maximum Gasteiger partial charge on any atom is 0.410 e. The SMILES string of the molecule is C=CCOC(=O)N1CCC2CC(C(=O)O)CCC2C1. The molecule has 0 bridgehead atoms. The predicted octanol–water partition coefficient (Wildman–Crippen LogP) is 2.13. The first-order chi connectivity index (χ1) is 9.11. The van der Waals surface area contributed by atoms with Crippen molar-refractivity contribution < 1.29 is 19.4 Å². The van der Waals surface area contributed by atoms with Crippen molar-refractivity contribution in [3.05, 3.63) is 12.7 Å². The Kier molecular flexibility index (Phi) is 4.45. The minimum absolute atomic E-state index is 0.194. The Morgan fingerprint density at radius 2 is 2.11 bits per heavy atom. The van der Waals surface area contributed by atoms with Gasteiger partial charge in [0.15, 0.2) is 0 Å². The summed E-state index contributed by atoms with van der Waals surface area (Å²) < 4.78 is 5.04. The van der Waals surface area contributed by atoms with Crippen LogP contribution >= 0.6 is 0 Å². The van der Waals surface area contributed by atoms with Gasteiger partial charge in [-0.15, -0.1) is 0 Å². The molecule has 0 aromatic heterocycles. The number of likely N-dealkylation sites (tertiary alicyclic amines) is 1. The third-order valence-electron chi connectivity index (χ3n) is 4.30. The lowest BCUT2D eigenvalue weighted by Crippen LogP contribution is -2.46. The Bertz CT molecular complexity index is 368. The van der Waals surface area contributed by atoms with Gasteiger partial charge >= 0.3 is 12.1 Å². The fourth-order valence-corrected chi connectivity index (χ4v) is 3.23. The molecule has 3 atom stereocenters. The second-order valence-electron chi connectivity index (χ2n) is 5.47. The quantitative estimate of drug-likeness (QED) is 0.795. The largest absolute Gasteiger partial charge is 0.481 e. The Morgan fingerprint density at radius 1 is 1.32 bits per heavy atom. The van der Waals surface area contributed by atoms with Crippen LogP contribution in [0.15, 0.2) is 12.7 Å². The van der Waals surface area contributed by atoms with Crippen molar-refractivity contribution >= 4 is 12.1 Å². The van der Waals surface area contributed by atoms with Gasteiger partial charge in [-0.05, 0) is 37.5 Å². The molecular weight excluding hydrogens is 246 g/mol. The third-order valence-corrected chi connectivity index (χ3v) is 4.30. The van der Waals surface area contributed by atoms with E-state index in [0.717, 1.165) is 25.7 Å². The Hall–Kier alpha value is -1.52. The van der Waals surface area contributed by atoms with Gasteiger partial charge < -0.3 is 14.7 Å². The molecule has 5 nitrogen and oxygen atoms in total. The number of nitrogens with zero attached hydrogens (tertiary/aromatic N) is 1. The van der Waals surface area contributed by atoms with Gasteiger partial charge in [0, 0.05) is 13.1 Å². The monoisotopic (exact) mass is 267 g/mol. The van der Waals surface area contributed by atoms with Crippen LogP contribution in [0, 0.1) is 17.8 Å². The summed E-state index contributed by atoms with van der Waals surface area (Å²) in [6.45, 7) is 5.13.